The number of carbonyl (C=O) groups is 1. The minimum Gasteiger partial charge on any atom is -0.321 e. The zero-order valence-electron chi connectivity index (χ0n) is 10.6. The molecule has 0 aliphatic heterocycles. The van der Waals surface area contributed by atoms with Crippen molar-refractivity contribution in [1.82, 2.24) is 9.97 Å². The van der Waals surface area contributed by atoms with Crippen LogP contribution in [0.2, 0.25) is 0 Å². The van der Waals surface area contributed by atoms with Gasteiger partial charge in [-0.05, 0) is 24.4 Å². The molecule has 2 N–H and O–H groups in total. The molecule has 100 valence electrons. The van der Waals surface area contributed by atoms with Gasteiger partial charge in [0.05, 0.1) is 0 Å². The third-order valence-electron chi connectivity index (χ3n) is 2.84. The number of para-hydroxylation sites is 1. The molecule has 0 bridgehead atoms. The topological polar surface area (TPSA) is 74.8 Å². The standard InChI is InChI=1S/C14H11N3O2S/c1-8-7-15-14(20-8)17-13(19)10-6-9-4-2-3-5-11(9)16-12(10)18/h2-7H,1H3,(H,16,18)(H,15,17,19). The molecule has 2 aromatic heterocycles. The fourth-order valence-corrected chi connectivity index (χ4v) is 2.55. The predicted octanol–water partition coefficient (Wildman–Crippen LogP) is 2.55. The van der Waals surface area contributed by atoms with Gasteiger partial charge in [0.2, 0.25) is 0 Å². The van der Waals surface area contributed by atoms with Crippen molar-refractivity contribution >= 4 is 33.3 Å². The second-order valence-electron chi connectivity index (χ2n) is 4.33. The molecule has 0 saturated carbocycles. The molecule has 0 aliphatic carbocycles. The first-order valence-electron chi connectivity index (χ1n) is 5.99. The first-order valence-corrected chi connectivity index (χ1v) is 6.81. The smallest absolute Gasteiger partial charge is 0.263 e. The SMILES string of the molecule is Cc1cnc(NC(=O)c2cc3ccccc3[nH]c2=O)s1. The molecule has 20 heavy (non-hydrogen) atoms. The van der Waals surface area contributed by atoms with Gasteiger partial charge in [0.1, 0.15) is 5.56 Å². The van der Waals surface area contributed by atoms with Gasteiger partial charge in [0, 0.05) is 16.6 Å². The van der Waals surface area contributed by atoms with E-state index in [1.54, 1.807) is 18.3 Å². The molecule has 0 radical (unpaired) electrons. The lowest BCUT2D eigenvalue weighted by atomic mass is 10.1. The third-order valence-corrected chi connectivity index (χ3v) is 3.67. The van der Waals surface area contributed by atoms with Gasteiger partial charge in [-0.25, -0.2) is 4.98 Å². The van der Waals surface area contributed by atoms with Crippen LogP contribution < -0.4 is 10.9 Å². The summed E-state index contributed by atoms with van der Waals surface area (Å²) in [5.41, 5.74) is 0.380. The maximum absolute atomic E-state index is 12.1. The van der Waals surface area contributed by atoms with Crippen molar-refractivity contribution in [3.05, 3.63) is 57.3 Å². The van der Waals surface area contributed by atoms with Crippen LogP contribution >= 0.6 is 11.3 Å². The molecule has 0 fully saturated rings. The molecular weight excluding hydrogens is 274 g/mol. The largest absolute Gasteiger partial charge is 0.321 e. The zero-order chi connectivity index (χ0) is 14.1. The average molecular weight is 285 g/mol. The van der Waals surface area contributed by atoms with Crippen LogP contribution in [-0.4, -0.2) is 15.9 Å². The molecule has 6 heteroatoms. The number of fused-ring (bicyclic) bond motifs is 1. The number of nitrogens with one attached hydrogen (secondary N) is 2. The number of aromatic amines is 1. The number of anilines is 1. The number of amides is 1. The average Bonchev–Trinajstić information content (AvgIpc) is 2.83. The lowest BCUT2D eigenvalue weighted by Gasteiger charge is -2.03. The van der Waals surface area contributed by atoms with Crippen LogP contribution in [0.1, 0.15) is 15.2 Å². The molecule has 0 atom stereocenters. The summed E-state index contributed by atoms with van der Waals surface area (Å²) in [6, 6.07) is 8.91. The van der Waals surface area contributed by atoms with Crippen molar-refractivity contribution in [2.24, 2.45) is 0 Å². The first kappa shape index (κ1) is 12.6. The zero-order valence-corrected chi connectivity index (χ0v) is 11.5. The van der Waals surface area contributed by atoms with Crippen LogP contribution in [-0.2, 0) is 0 Å². The Hall–Kier alpha value is -2.47. The highest BCUT2D eigenvalue weighted by molar-refractivity contribution is 7.15. The molecule has 1 amide bonds. The summed E-state index contributed by atoms with van der Waals surface area (Å²) < 4.78 is 0. The highest BCUT2D eigenvalue weighted by Gasteiger charge is 2.13. The number of aryl methyl sites for hydroxylation is 1. The van der Waals surface area contributed by atoms with Gasteiger partial charge in [-0.2, -0.15) is 0 Å². The number of nitrogens with zero attached hydrogens (tertiary/aromatic N) is 1. The Morgan fingerprint density at radius 2 is 2.15 bits per heavy atom. The number of hydrogen-bond donors (Lipinski definition) is 2. The molecule has 0 saturated heterocycles. The molecule has 1 aromatic carbocycles. The highest BCUT2D eigenvalue weighted by Crippen LogP contribution is 2.17. The second-order valence-corrected chi connectivity index (χ2v) is 5.56. The van der Waals surface area contributed by atoms with E-state index in [-0.39, 0.29) is 5.56 Å². The molecule has 0 aliphatic rings. The minimum atomic E-state index is -0.452. The number of rotatable bonds is 2. The van der Waals surface area contributed by atoms with E-state index in [1.165, 1.54) is 11.3 Å². The number of aromatic nitrogens is 2. The van der Waals surface area contributed by atoms with Gasteiger partial charge in [-0.15, -0.1) is 11.3 Å². The number of benzene rings is 1. The lowest BCUT2D eigenvalue weighted by molar-refractivity contribution is 0.102. The van der Waals surface area contributed by atoms with Crippen LogP contribution in [0.5, 0.6) is 0 Å². The van der Waals surface area contributed by atoms with Crippen molar-refractivity contribution in [3.8, 4) is 0 Å². The summed E-state index contributed by atoms with van der Waals surface area (Å²) in [6.07, 6.45) is 1.67. The number of thiazole rings is 1. The number of carbonyl (C=O) groups excluding carboxylic acids is 1. The predicted molar refractivity (Wildman–Crippen MR) is 79.4 cm³/mol. The molecule has 5 nitrogen and oxygen atoms in total. The Bertz CT molecular complexity index is 851. The van der Waals surface area contributed by atoms with Crippen LogP contribution in [0.25, 0.3) is 10.9 Å². The second kappa shape index (κ2) is 4.90. The lowest BCUT2D eigenvalue weighted by Crippen LogP contribution is -2.22. The fraction of sp³-hybridized carbons (Fsp3) is 0.0714. The van der Waals surface area contributed by atoms with E-state index in [4.69, 9.17) is 0 Å². The molecule has 3 rings (SSSR count). The minimum absolute atomic E-state index is 0.0801. The van der Waals surface area contributed by atoms with Crippen molar-refractivity contribution in [2.45, 2.75) is 6.92 Å². The van der Waals surface area contributed by atoms with Gasteiger partial charge in [-0.1, -0.05) is 18.2 Å². The summed E-state index contributed by atoms with van der Waals surface area (Å²) in [7, 11) is 0. The Kier molecular flexibility index (Phi) is 3.08. The molecule has 2 heterocycles. The quantitative estimate of drug-likeness (QED) is 0.759. The van der Waals surface area contributed by atoms with E-state index in [9.17, 15) is 9.59 Å². The summed E-state index contributed by atoms with van der Waals surface area (Å²) in [5, 5.41) is 3.93. The number of H-pyrrole nitrogens is 1. The van der Waals surface area contributed by atoms with E-state index in [0.29, 0.717) is 10.6 Å². The normalized spacial score (nSPS) is 10.7. The summed E-state index contributed by atoms with van der Waals surface area (Å²) in [6.45, 7) is 1.90. The van der Waals surface area contributed by atoms with Crippen LogP contribution in [0.15, 0.2) is 41.3 Å². The number of pyridine rings is 1. The first-order chi connectivity index (χ1) is 9.63. The van der Waals surface area contributed by atoms with Crippen LogP contribution in [0.4, 0.5) is 5.13 Å². The van der Waals surface area contributed by atoms with Gasteiger partial charge in [0.25, 0.3) is 11.5 Å². The van der Waals surface area contributed by atoms with Crippen molar-refractivity contribution < 1.29 is 4.79 Å². The monoisotopic (exact) mass is 285 g/mol. The van der Waals surface area contributed by atoms with Crippen molar-refractivity contribution in [3.63, 3.8) is 0 Å². The Balaban J connectivity index is 1.98. The summed E-state index contributed by atoms with van der Waals surface area (Å²) in [4.78, 5) is 31.8. The van der Waals surface area contributed by atoms with E-state index < -0.39 is 11.5 Å². The Morgan fingerprint density at radius 3 is 2.90 bits per heavy atom. The summed E-state index contributed by atoms with van der Waals surface area (Å²) >= 11 is 1.36. The maximum Gasteiger partial charge on any atom is 0.263 e. The van der Waals surface area contributed by atoms with Crippen LogP contribution in [0.3, 0.4) is 0 Å². The van der Waals surface area contributed by atoms with Crippen molar-refractivity contribution in [1.29, 1.82) is 0 Å². The van der Waals surface area contributed by atoms with E-state index >= 15 is 0 Å². The van der Waals surface area contributed by atoms with E-state index in [0.717, 1.165) is 10.3 Å². The highest BCUT2D eigenvalue weighted by atomic mass is 32.1. The van der Waals surface area contributed by atoms with Gasteiger partial charge in [-0.3, -0.25) is 14.9 Å². The molecule has 0 spiro atoms. The molecular formula is C14H11N3O2S. The fourth-order valence-electron chi connectivity index (χ4n) is 1.89. The molecule has 3 aromatic rings. The van der Waals surface area contributed by atoms with E-state index in [1.807, 2.05) is 25.1 Å². The van der Waals surface area contributed by atoms with Gasteiger partial charge < -0.3 is 4.98 Å². The van der Waals surface area contributed by atoms with Gasteiger partial charge >= 0.3 is 0 Å². The van der Waals surface area contributed by atoms with E-state index in [2.05, 4.69) is 15.3 Å². The summed E-state index contributed by atoms with van der Waals surface area (Å²) in [5.74, 6) is -0.452. The maximum atomic E-state index is 12.1. The Morgan fingerprint density at radius 1 is 1.35 bits per heavy atom. The van der Waals surface area contributed by atoms with Crippen LogP contribution in [0, 0.1) is 6.92 Å². The molecule has 0 unspecified atom stereocenters. The van der Waals surface area contributed by atoms with Crippen molar-refractivity contribution in [2.75, 3.05) is 5.32 Å². The Labute approximate surface area is 118 Å². The third kappa shape index (κ3) is 2.33. The van der Waals surface area contributed by atoms with Gasteiger partial charge in [0.15, 0.2) is 5.13 Å². The number of hydrogen-bond acceptors (Lipinski definition) is 4.